The Morgan fingerprint density at radius 3 is 2.57 bits per heavy atom. The van der Waals surface area contributed by atoms with E-state index in [0.717, 1.165) is 19.3 Å². The molecule has 0 bridgehead atoms. The minimum Gasteiger partial charge on any atom is -0.478 e. The van der Waals surface area contributed by atoms with Gasteiger partial charge in [0.25, 0.3) is 5.91 Å². The molecule has 0 fully saturated rings. The average Bonchev–Trinajstić information content (AvgIpc) is 2.47. The van der Waals surface area contributed by atoms with Crippen LogP contribution < -0.4 is 10.1 Å². The van der Waals surface area contributed by atoms with E-state index >= 15 is 0 Å². The third kappa shape index (κ3) is 6.12. The highest BCUT2D eigenvalue weighted by atomic mass is 16.5. The van der Waals surface area contributed by atoms with Gasteiger partial charge in [0.1, 0.15) is 5.60 Å². The number of aromatic nitrogens is 1. The standard InChI is InChI=1S/C16H26N2O3/c1-5-7-11-20-14-9-8-13(12-17-14)18-15(19)16(3,4)21-10-6-2/h8-9,12H,5-7,10-11H2,1-4H3,(H,18,19). The van der Waals surface area contributed by atoms with Gasteiger partial charge in [0.05, 0.1) is 18.5 Å². The predicted molar refractivity (Wildman–Crippen MR) is 83.6 cm³/mol. The molecule has 1 amide bonds. The molecule has 1 heterocycles. The van der Waals surface area contributed by atoms with Gasteiger partial charge in [-0.05, 0) is 32.8 Å². The summed E-state index contributed by atoms with van der Waals surface area (Å²) in [5, 5.41) is 2.80. The molecule has 0 aliphatic rings. The number of anilines is 1. The molecule has 1 aromatic rings. The van der Waals surface area contributed by atoms with Crippen molar-refractivity contribution in [2.45, 2.75) is 52.6 Å². The molecule has 0 aliphatic heterocycles. The van der Waals surface area contributed by atoms with Crippen LogP contribution in [0.5, 0.6) is 5.88 Å². The van der Waals surface area contributed by atoms with Crippen LogP contribution >= 0.6 is 0 Å². The Hall–Kier alpha value is -1.62. The molecule has 1 aromatic heterocycles. The summed E-state index contributed by atoms with van der Waals surface area (Å²) in [4.78, 5) is 16.3. The van der Waals surface area contributed by atoms with E-state index in [1.807, 2.05) is 6.92 Å². The Balaban J connectivity index is 2.52. The van der Waals surface area contributed by atoms with E-state index in [1.54, 1.807) is 32.2 Å². The van der Waals surface area contributed by atoms with E-state index in [4.69, 9.17) is 9.47 Å². The summed E-state index contributed by atoms with van der Waals surface area (Å²) in [6.45, 7) is 8.85. The van der Waals surface area contributed by atoms with Crippen molar-refractivity contribution in [1.29, 1.82) is 0 Å². The van der Waals surface area contributed by atoms with Crippen molar-refractivity contribution in [3.8, 4) is 5.88 Å². The van der Waals surface area contributed by atoms with Crippen LogP contribution in [0.15, 0.2) is 18.3 Å². The lowest BCUT2D eigenvalue weighted by atomic mass is 10.1. The van der Waals surface area contributed by atoms with Gasteiger partial charge in [-0.3, -0.25) is 4.79 Å². The highest BCUT2D eigenvalue weighted by Gasteiger charge is 2.28. The van der Waals surface area contributed by atoms with Crippen molar-refractivity contribution in [1.82, 2.24) is 4.98 Å². The molecule has 118 valence electrons. The molecular weight excluding hydrogens is 268 g/mol. The van der Waals surface area contributed by atoms with Crippen LogP contribution in [0.4, 0.5) is 5.69 Å². The SMILES string of the molecule is CCCCOc1ccc(NC(=O)C(C)(C)OCCC)cn1. The molecule has 21 heavy (non-hydrogen) atoms. The molecule has 0 spiro atoms. The van der Waals surface area contributed by atoms with Gasteiger partial charge in [0.15, 0.2) is 0 Å². The summed E-state index contributed by atoms with van der Waals surface area (Å²) in [5.41, 5.74) is -0.220. The fraction of sp³-hybridized carbons (Fsp3) is 0.625. The van der Waals surface area contributed by atoms with Gasteiger partial charge in [-0.1, -0.05) is 20.3 Å². The topological polar surface area (TPSA) is 60.5 Å². The maximum atomic E-state index is 12.1. The summed E-state index contributed by atoms with van der Waals surface area (Å²) < 4.78 is 11.0. The van der Waals surface area contributed by atoms with Crippen LogP contribution in [-0.4, -0.2) is 29.7 Å². The molecule has 0 radical (unpaired) electrons. The Morgan fingerprint density at radius 1 is 1.24 bits per heavy atom. The number of rotatable bonds is 9. The fourth-order valence-corrected chi connectivity index (χ4v) is 1.57. The number of hydrogen-bond acceptors (Lipinski definition) is 4. The van der Waals surface area contributed by atoms with E-state index in [-0.39, 0.29) is 5.91 Å². The van der Waals surface area contributed by atoms with E-state index in [9.17, 15) is 4.79 Å². The summed E-state index contributed by atoms with van der Waals surface area (Å²) in [6.07, 6.45) is 4.56. The molecule has 0 unspecified atom stereocenters. The predicted octanol–water partition coefficient (Wildman–Crippen LogP) is 3.40. The number of ether oxygens (including phenoxy) is 2. The highest BCUT2D eigenvalue weighted by molar-refractivity contribution is 5.96. The van der Waals surface area contributed by atoms with Gasteiger partial charge in [-0.25, -0.2) is 4.98 Å². The normalized spacial score (nSPS) is 11.2. The van der Waals surface area contributed by atoms with Gasteiger partial charge in [-0.15, -0.1) is 0 Å². The molecule has 0 saturated heterocycles. The first kappa shape index (κ1) is 17.4. The number of carbonyl (C=O) groups is 1. The second-order valence-electron chi connectivity index (χ2n) is 5.40. The number of hydrogen-bond donors (Lipinski definition) is 1. The maximum Gasteiger partial charge on any atom is 0.256 e. The lowest BCUT2D eigenvalue weighted by Gasteiger charge is -2.23. The van der Waals surface area contributed by atoms with Crippen LogP contribution in [0.2, 0.25) is 0 Å². The zero-order valence-electron chi connectivity index (χ0n) is 13.4. The van der Waals surface area contributed by atoms with E-state index in [2.05, 4.69) is 17.2 Å². The number of nitrogens with zero attached hydrogens (tertiary/aromatic N) is 1. The van der Waals surface area contributed by atoms with Crippen molar-refractivity contribution in [2.24, 2.45) is 0 Å². The number of amides is 1. The largest absolute Gasteiger partial charge is 0.478 e. The molecule has 1 N–H and O–H groups in total. The van der Waals surface area contributed by atoms with Crippen LogP contribution in [0.1, 0.15) is 47.0 Å². The molecular formula is C16H26N2O3. The molecule has 5 heteroatoms. The summed E-state index contributed by atoms with van der Waals surface area (Å²) in [6, 6.07) is 3.53. The molecule has 0 saturated carbocycles. The van der Waals surface area contributed by atoms with Crippen LogP contribution in [0.3, 0.4) is 0 Å². The smallest absolute Gasteiger partial charge is 0.256 e. The van der Waals surface area contributed by atoms with Crippen molar-refractivity contribution in [3.63, 3.8) is 0 Å². The lowest BCUT2D eigenvalue weighted by molar-refractivity contribution is -0.137. The van der Waals surface area contributed by atoms with Crippen molar-refractivity contribution < 1.29 is 14.3 Å². The van der Waals surface area contributed by atoms with Gasteiger partial charge in [-0.2, -0.15) is 0 Å². The van der Waals surface area contributed by atoms with Gasteiger partial charge in [0.2, 0.25) is 5.88 Å². The zero-order chi connectivity index (χ0) is 15.7. The summed E-state index contributed by atoms with van der Waals surface area (Å²) in [5.74, 6) is 0.389. The first-order valence-electron chi connectivity index (χ1n) is 7.54. The first-order valence-corrected chi connectivity index (χ1v) is 7.54. The maximum absolute atomic E-state index is 12.1. The molecule has 0 aliphatic carbocycles. The number of nitrogens with one attached hydrogen (secondary N) is 1. The minimum atomic E-state index is -0.855. The molecule has 0 atom stereocenters. The van der Waals surface area contributed by atoms with E-state index in [0.29, 0.717) is 24.8 Å². The average molecular weight is 294 g/mol. The van der Waals surface area contributed by atoms with Crippen molar-refractivity contribution >= 4 is 11.6 Å². The molecule has 0 aromatic carbocycles. The van der Waals surface area contributed by atoms with Crippen molar-refractivity contribution in [3.05, 3.63) is 18.3 Å². The third-order valence-corrected chi connectivity index (χ3v) is 2.96. The van der Waals surface area contributed by atoms with Crippen molar-refractivity contribution in [2.75, 3.05) is 18.5 Å². The van der Waals surface area contributed by atoms with Gasteiger partial charge in [0, 0.05) is 12.7 Å². The summed E-state index contributed by atoms with van der Waals surface area (Å²) in [7, 11) is 0. The zero-order valence-corrected chi connectivity index (χ0v) is 13.4. The van der Waals surface area contributed by atoms with Gasteiger partial charge >= 0.3 is 0 Å². The van der Waals surface area contributed by atoms with E-state index < -0.39 is 5.60 Å². The molecule has 1 rings (SSSR count). The lowest BCUT2D eigenvalue weighted by Crippen LogP contribution is -2.40. The second-order valence-corrected chi connectivity index (χ2v) is 5.40. The van der Waals surface area contributed by atoms with Gasteiger partial charge < -0.3 is 14.8 Å². The van der Waals surface area contributed by atoms with Crippen LogP contribution in [0, 0.1) is 0 Å². The highest BCUT2D eigenvalue weighted by Crippen LogP contribution is 2.16. The Bertz CT molecular complexity index is 430. The Labute approximate surface area is 127 Å². The molecule has 5 nitrogen and oxygen atoms in total. The number of carbonyl (C=O) groups excluding carboxylic acids is 1. The third-order valence-electron chi connectivity index (χ3n) is 2.96. The Kier molecular flexibility index (Phi) is 7.15. The van der Waals surface area contributed by atoms with Crippen LogP contribution in [-0.2, 0) is 9.53 Å². The Morgan fingerprint density at radius 2 is 2.00 bits per heavy atom. The van der Waals surface area contributed by atoms with E-state index in [1.165, 1.54) is 0 Å². The second kappa shape index (κ2) is 8.62. The summed E-state index contributed by atoms with van der Waals surface area (Å²) >= 11 is 0. The quantitative estimate of drug-likeness (QED) is 0.709. The monoisotopic (exact) mass is 294 g/mol. The fourth-order valence-electron chi connectivity index (χ4n) is 1.57. The minimum absolute atomic E-state index is 0.183. The number of pyridine rings is 1. The first-order chi connectivity index (χ1) is 9.99. The number of unbranched alkanes of at least 4 members (excludes halogenated alkanes) is 1. The van der Waals surface area contributed by atoms with Crippen LogP contribution in [0.25, 0.3) is 0 Å².